The Hall–Kier alpha value is -4.84. The number of nitrogen functional groups attached to an aromatic ring is 1. The lowest BCUT2D eigenvalue weighted by Gasteiger charge is -2.31. The number of hydrogen-bond donors (Lipinski definition) is 3. The van der Waals surface area contributed by atoms with Gasteiger partial charge in [0, 0.05) is 44.0 Å². The van der Waals surface area contributed by atoms with Gasteiger partial charge in [-0.25, -0.2) is 4.39 Å². The number of aliphatic hydroxyl groups is 1. The van der Waals surface area contributed by atoms with E-state index >= 15 is 4.39 Å². The summed E-state index contributed by atoms with van der Waals surface area (Å²) in [6.45, 7) is 1.21. The van der Waals surface area contributed by atoms with Gasteiger partial charge in [-0.15, -0.1) is 0 Å². The van der Waals surface area contributed by atoms with E-state index in [4.69, 9.17) is 5.73 Å². The Kier molecular flexibility index (Phi) is 6.15. The van der Waals surface area contributed by atoms with E-state index in [-0.39, 0.29) is 29.2 Å². The Morgan fingerprint density at radius 3 is 2.69 bits per heavy atom. The number of carbonyl (C=O) groups excluding carboxylic acids is 2. The minimum atomic E-state index is -0.507. The van der Waals surface area contributed by atoms with Crippen molar-refractivity contribution in [1.29, 1.82) is 0 Å². The molecule has 0 radical (unpaired) electrons. The van der Waals surface area contributed by atoms with Gasteiger partial charge in [0.15, 0.2) is 5.82 Å². The summed E-state index contributed by atoms with van der Waals surface area (Å²) in [7, 11) is 1.76. The number of aromatic nitrogens is 4. The number of nitrogens with one attached hydrogen (secondary N) is 1. The average molecular weight is 569 g/mol. The summed E-state index contributed by atoms with van der Waals surface area (Å²) >= 11 is 0. The molecule has 11 nitrogen and oxygen atoms in total. The zero-order valence-corrected chi connectivity index (χ0v) is 23.0. The number of likely N-dealkylation sites (N-methyl/N-ethyl adjacent to an activating group) is 1. The van der Waals surface area contributed by atoms with E-state index in [0.29, 0.717) is 60.2 Å². The highest BCUT2D eigenvalue weighted by Gasteiger charge is 2.33. The maximum atomic E-state index is 15.2. The Morgan fingerprint density at radius 1 is 1.07 bits per heavy atom. The Morgan fingerprint density at radius 2 is 1.90 bits per heavy atom. The van der Waals surface area contributed by atoms with Crippen LogP contribution in [0.25, 0.3) is 11.4 Å². The van der Waals surface area contributed by atoms with Crippen molar-refractivity contribution in [3.63, 3.8) is 0 Å². The lowest BCUT2D eigenvalue weighted by atomic mass is 9.93. The zero-order valence-electron chi connectivity index (χ0n) is 23.0. The van der Waals surface area contributed by atoms with Crippen LogP contribution in [0, 0.1) is 5.82 Å². The van der Waals surface area contributed by atoms with Gasteiger partial charge in [0.1, 0.15) is 11.5 Å². The molecule has 4 heterocycles. The van der Waals surface area contributed by atoms with Crippen LogP contribution in [0.5, 0.6) is 0 Å². The largest absolute Gasteiger partial charge is 0.392 e. The number of benzene rings is 2. The molecule has 2 aromatic carbocycles. The monoisotopic (exact) mass is 568 g/mol. The maximum Gasteiger partial charge on any atom is 0.270 e. The number of fused-ring (bicyclic) bond motifs is 2. The van der Waals surface area contributed by atoms with Gasteiger partial charge >= 0.3 is 0 Å². The minimum Gasteiger partial charge on any atom is -0.392 e. The van der Waals surface area contributed by atoms with Gasteiger partial charge in [0.05, 0.1) is 23.5 Å². The predicted octanol–water partition coefficient (Wildman–Crippen LogP) is 3.46. The standard InChI is InChI=1S/C30H29FN8O3/c1-37-9-10-38-14-19(13-24(38)27(37)41)33-30-35-26(34-29(32)36-30)20-3-2-4-23(21(20)15-40)39-8-7-17-11-18(16-5-6-16)12-22(31)25(17)28(39)42/h2-4,11-14,16,40H,5-10,15H2,1H3,(H3,32,33,34,35,36). The number of aliphatic hydroxyl groups excluding tert-OH is 1. The Labute approximate surface area is 240 Å². The van der Waals surface area contributed by atoms with Crippen molar-refractivity contribution in [1.82, 2.24) is 24.4 Å². The SMILES string of the molecule is CN1CCn2cc(Nc3nc(N)nc(-c4cccc(N5CCc6cc(C7CC7)cc(F)c6C5=O)c4CO)n3)cc2C1=O. The molecule has 0 unspecified atom stereocenters. The number of anilines is 4. The maximum absolute atomic E-state index is 15.2. The van der Waals surface area contributed by atoms with E-state index in [0.717, 1.165) is 24.0 Å². The molecule has 0 spiro atoms. The molecule has 2 aliphatic heterocycles. The third-order valence-electron chi connectivity index (χ3n) is 8.20. The van der Waals surface area contributed by atoms with E-state index in [9.17, 15) is 14.7 Å². The van der Waals surface area contributed by atoms with Gasteiger partial charge in [0.2, 0.25) is 11.9 Å². The molecule has 1 fully saturated rings. The van der Waals surface area contributed by atoms with E-state index in [1.807, 2.05) is 16.8 Å². The molecule has 0 bridgehead atoms. The zero-order chi connectivity index (χ0) is 29.1. The second-order valence-electron chi connectivity index (χ2n) is 11.0. The van der Waals surface area contributed by atoms with Crippen LogP contribution in [0.15, 0.2) is 42.6 Å². The van der Waals surface area contributed by atoms with E-state index < -0.39 is 18.3 Å². The number of rotatable bonds is 6. The average Bonchev–Trinajstić information content (AvgIpc) is 3.74. The van der Waals surface area contributed by atoms with Crippen molar-refractivity contribution < 1.29 is 19.1 Å². The summed E-state index contributed by atoms with van der Waals surface area (Å²) in [6.07, 6.45) is 4.41. The summed E-state index contributed by atoms with van der Waals surface area (Å²) in [5.41, 5.74) is 10.3. The van der Waals surface area contributed by atoms with Crippen LogP contribution in [0.1, 0.15) is 56.3 Å². The fourth-order valence-corrected chi connectivity index (χ4v) is 5.87. The number of nitrogens with two attached hydrogens (primary N) is 1. The molecule has 0 saturated heterocycles. The number of carbonyl (C=O) groups is 2. The summed E-state index contributed by atoms with van der Waals surface area (Å²) in [4.78, 5) is 42.3. The third kappa shape index (κ3) is 4.44. The van der Waals surface area contributed by atoms with Crippen molar-refractivity contribution in [2.45, 2.75) is 38.3 Å². The topological polar surface area (TPSA) is 142 Å². The molecular formula is C30H29FN8O3. The third-order valence-corrected chi connectivity index (χ3v) is 8.20. The first-order valence-corrected chi connectivity index (χ1v) is 13.9. The van der Waals surface area contributed by atoms with Gasteiger partial charge in [-0.3, -0.25) is 9.59 Å². The van der Waals surface area contributed by atoms with Crippen molar-refractivity contribution in [3.8, 4) is 11.4 Å². The number of hydrogen-bond acceptors (Lipinski definition) is 8. The lowest BCUT2D eigenvalue weighted by Crippen LogP contribution is -2.39. The fourth-order valence-electron chi connectivity index (χ4n) is 5.87. The van der Waals surface area contributed by atoms with Crippen LogP contribution < -0.4 is 16.0 Å². The molecule has 0 atom stereocenters. The lowest BCUT2D eigenvalue weighted by molar-refractivity contribution is 0.0749. The second kappa shape index (κ2) is 9.91. The van der Waals surface area contributed by atoms with Gasteiger partial charge in [-0.05, 0) is 54.5 Å². The number of amides is 2. The molecule has 2 amide bonds. The van der Waals surface area contributed by atoms with Crippen LogP contribution in [0.2, 0.25) is 0 Å². The first-order valence-electron chi connectivity index (χ1n) is 13.9. The summed E-state index contributed by atoms with van der Waals surface area (Å²) in [5, 5.41) is 13.6. The normalized spacial score (nSPS) is 16.5. The fraction of sp³-hybridized carbons (Fsp3) is 0.300. The molecule has 12 heteroatoms. The molecular weight excluding hydrogens is 539 g/mol. The van der Waals surface area contributed by atoms with Crippen LogP contribution >= 0.6 is 0 Å². The molecule has 42 heavy (non-hydrogen) atoms. The van der Waals surface area contributed by atoms with E-state index in [1.165, 1.54) is 11.0 Å². The first-order chi connectivity index (χ1) is 20.3. The second-order valence-corrected chi connectivity index (χ2v) is 11.0. The van der Waals surface area contributed by atoms with Gasteiger partial charge < -0.3 is 30.5 Å². The smallest absolute Gasteiger partial charge is 0.270 e. The van der Waals surface area contributed by atoms with Crippen LogP contribution in [-0.2, 0) is 19.6 Å². The number of nitrogens with zero attached hydrogens (tertiary/aromatic N) is 6. The minimum absolute atomic E-state index is 0.0481. The van der Waals surface area contributed by atoms with Crippen molar-refractivity contribution >= 4 is 35.1 Å². The van der Waals surface area contributed by atoms with Crippen LogP contribution in [0.4, 0.5) is 27.7 Å². The highest BCUT2D eigenvalue weighted by Crippen LogP contribution is 2.42. The highest BCUT2D eigenvalue weighted by atomic mass is 19.1. The van der Waals surface area contributed by atoms with Crippen LogP contribution in [0.3, 0.4) is 0 Å². The van der Waals surface area contributed by atoms with Crippen molar-refractivity contribution in [2.75, 3.05) is 36.1 Å². The van der Waals surface area contributed by atoms with Gasteiger partial charge in [-0.2, -0.15) is 15.0 Å². The predicted molar refractivity (Wildman–Crippen MR) is 154 cm³/mol. The number of halogens is 1. The Balaban J connectivity index is 1.21. The summed E-state index contributed by atoms with van der Waals surface area (Å²) in [6, 6.07) is 10.4. The molecule has 1 saturated carbocycles. The van der Waals surface area contributed by atoms with Gasteiger partial charge in [-0.1, -0.05) is 18.2 Å². The van der Waals surface area contributed by atoms with E-state index in [1.54, 1.807) is 36.2 Å². The Bertz CT molecular complexity index is 1770. The van der Waals surface area contributed by atoms with E-state index in [2.05, 4.69) is 20.3 Å². The quantitative estimate of drug-likeness (QED) is 0.321. The molecule has 214 valence electrons. The van der Waals surface area contributed by atoms with Crippen molar-refractivity contribution in [2.24, 2.45) is 0 Å². The molecule has 7 rings (SSSR count). The molecule has 2 aromatic heterocycles. The molecule has 4 aromatic rings. The van der Waals surface area contributed by atoms with Crippen LogP contribution in [-0.4, -0.2) is 61.5 Å². The molecule has 4 N–H and O–H groups in total. The first kappa shape index (κ1) is 26.1. The molecule has 3 aliphatic rings. The molecule has 1 aliphatic carbocycles. The van der Waals surface area contributed by atoms with Crippen molar-refractivity contribution in [3.05, 3.63) is 76.4 Å². The van der Waals surface area contributed by atoms with Gasteiger partial charge in [0.25, 0.3) is 11.8 Å². The summed E-state index contributed by atoms with van der Waals surface area (Å²) < 4.78 is 17.1. The highest BCUT2D eigenvalue weighted by molar-refractivity contribution is 6.09. The summed E-state index contributed by atoms with van der Waals surface area (Å²) in [5.74, 6) is -0.338.